The van der Waals surface area contributed by atoms with Crippen LogP contribution in [0, 0.1) is 3.57 Å². The van der Waals surface area contributed by atoms with Gasteiger partial charge < -0.3 is 5.11 Å². The van der Waals surface area contributed by atoms with Crippen LogP contribution in [0.15, 0.2) is 65.5 Å². The fraction of sp³-hybridized carbons (Fsp3) is 0.105. The lowest BCUT2D eigenvalue weighted by Crippen LogP contribution is -2.24. The van der Waals surface area contributed by atoms with E-state index in [0.717, 1.165) is 22.5 Å². The van der Waals surface area contributed by atoms with Gasteiger partial charge in [-0.05, 0) is 46.7 Å². The zero-order valence-electron chi connectivity index (χ0n) is 12.7. The number of nitrogens with zero attached hydrogens (tertiary/aromatic N) is 1. The topological polar surface area (TPSA) is 42.2 Å². The fourth-order valence-corrected chi connectivity index (χ4v) is 3.30. The first kappa shape index (κ1) is 15.8. The lowest BCUT2D eigenvalue weighted by atomic mass is 10.0. The maximum absolute atomic E-state index is 12.8. The summed E-state index contributed by atoms with van der Waals surface area (Å²) in [4.78, 5) is 12.8. The Kier molecular flexibility index (Phi) is 4.52. The first-order valence-electron chi connectivity index (χ1n) is 7.42. The highest BCUT2D eigenvalue weighted by Gasteiger charge is 2.20. The summed E-state index contributed by atoms with van der Waals surface area (Å²) < 4.78 is 2.04. The molecule has 3 aromatic rings. The third-order valence-corrected chi connectivity index (χ3v) is 4.78. The van der Waals surface area contributed by atoms with Gasteiger partial charge in [-0.25, -0.2) is 0 Å². The molecule has 116 valence electrons. The van der Waals surface area contributed by atoms with Gasteiger partial charge in [0.2, 0.25) is 0 Å². The van der Waals surface area contributed by atoms with E-state index < -0.39 is 0 Å². The van der Waals surface area contributed by atoms with Crippen LogP contribution in [0.2, 0.25) is 0 Å². The summed E-state index contributed by atoms with van der Waals surface area (Å²) in [7, 11) is 0. The SMILES string of the molecule is CCc1c(O)c(I)c(=O)n(-c2ccccc2)c1-c1ccccc1. The quantitative estimate of drug-likeness (QED) is 0.643. The van der Waals surface area contributed by atoms with E-state index in [9.17, 15) is 9.90 Å². The van der Waals surface area contributed by atoms with Gasteiger partial charge in [-0.1, -0.05) is 55.5 Å². The maximum atomic E-state index is 12.8. The Hall–Kier alpha value is -2.08. The second-order valence-electron chi connectivity index (χ2n) is 5.19. The van der Waals surface area contributed by atoms with Gasteiger partial charge in [-0.2, -0.15) is 0 Å². The Morgan fingerprint density at radius 2 is 1.57 bits per heavy atom. The Balaban J connectivity index is 2.47. The molecule has 0 bridgehead atoms. The molecular formula is C19H16INO2. The van der Waals surface area contributed by atoms with Crippen LogP contribution in [-0.2, 0) is 6.42 Å². The van der Waals surface area contributed by atoms with Crippen molar-refractivity contribution in [3.05, 3.63) is 80.2 Å². The molecular weight excluding hydrogens is 401 g/mol. The number of aromatic nitrogens is 1. The van der Waals surface area contributed by atoms with Crippen LogP contribution in [0.25, 0.3) is 16.9 Å². The second kappa shape index (κ2) is 6.58. The van der Waals surface area contributed by atoms with Gasteiger partial charge in [0.05, 0.1) is 5.69 Å². The Labute approximate surface area is 148 Å². The summed E-state index contributed by atoms with van der Waals surface area (Å²) in [5.74, 6) is 0.0872. The predicted octanol–water partition coefficient (Wildman–Crippen LogP) is 4.38. The monoisotopic (exact) mass is 417 g/mol. The Morgan fingerprint density at radius 1 is 1.00 bits per heavy atom. The third kappa shape index (κ3) is 2.79. The molecule has 0 atom stereocenters. The summed E-state index contributed by atoms with van der Waals surface area (Å²) >= 11 is 1.92. The van der Waals surface area contributed by atoms with Crippen LogP contribution >= 0.6 is 22.6 Å². The molecule has 3 rings (SSSR count). The minimum atomic E-state index is -0.203. The van der Waals surface area contributed by atoms with Gasteiger partial charge in [-0.15, -0.1) is 0 Å². The number of hydrogen-bond acceptors (Lipinski definition) is 2. The number of pyridine rings is 1. The van der Waals surface area contributed by atoms with Gasteiger partial charge in [0.25, 0.3) is 5.56 Å². The zero-order chi connectivity index (χ0) is 16.4. The van der Waals surface area contributed by atoms with E-state index in [0.29, 0.717) is 9.99 Å². The minimum Gasteiger partial charge on any atom is -0.506 e. The van der Waals surface area contributed by atoms with E-state index in [4.69, 9.17) is 0 Å². The van der Waals surface area contributed by atoms with Crippen molar-refractivity contribution in [2.75, 3.05) is 0 Å². The average molecular weight is 417 g/mol. The molecule has 1 heterocycles. The van der Waals surface area contributed by atoms with Crippen molar-refractivity contribution in [2.24, 2.45) is 0 Å². The van der Waals surface area contributed by atoms with Crippen LogP contribution < -0.4 is 5.56 Å². The smallest absolute Gasteiger partial charge is 0.272 e. The van der Waals surface area contributed by atoms with Crippen molar-refractivity contribution in [3.63, 3.8) is 0 Å². The van der Waals surface area contributed by atoms with Crippen molar-refractivity contribution >= 4 is 22.6 Å². The van der Waals surface area contributed by atoms with Gasteiger partial charge in [0.15, 0.2) is 0 Å². The number of hydrogen-bond donors (Lipinski definition) is 1. The van der Waals surface area contributed by atoms with Crippen molar-refractivity contribution in [1.82, 2.24) is 4.57 Å². The van der Waals surface area contributed by atoms with E-state index in [1.54, 1.807) is 4.57 Å². The number of para-hydroxylation sites is 1. The van der Waals surface area contributed by atoms with Crippen LogP contribution in [0.4, 0.5) is 0 Å². The molecule has 23 heavy (non-hydrogen) atoms. The molecule has 0 saturated carbocycles. The van der Waals surface area contributed by atoms with E-state index in [-0.39, 0.29) is 11.3 Å². The normalized spacial score (nSPS) is 10.7. The van der Waals surface area contributed by atoms with E-state index in [2.05, 4.69) is 0 Å². The van der Waals surface area contributed by atoms with Gasteiger partial charge in [0, 0.05) is 11.3 Å². The lowest BCUT2D eigenvalue weighted by Gasteiger charge is -2.19. The van der Waals surface area contributed by atoms with Crippen molar-refractivity contribution in [1.29, 1.82) is 0 Å². The zero-order valence-corrected chi connectivity index (χ0v) is 14.8. The highest BCUT2D eigenvalue weighted by molar-refractivity contribution is 14.1. The summed E-state index contributed by atoms with van der Waals surface area (Å²) in [5, 5.41) is 10.5. The maximum Gasteiger partial charge on any atom is 0.272 e. The molecule has 0 radical (unpaired) electrons. The summed E-state index contributed by atoms with van der Waals surface area (Å²) in [6.45, 7) is 1.98. The summed E-state index contributed by atoms with van der Waals surface area (Å²) in [6, 6.07) is 19.3. The molecule has 0 unspecified atom stereocenters. The van der Waals surface area contributed by atoms with Crippen LogP contribution in [-0.4, -0.2) is 9.67 Å². The van der Waals surface area contributed by atoms with Crippen LogP contribution in [0.5, 0.6) is 5.75 Å². The molecule has 2 aromatic carbocycles. The summed E-state index contributed by atoms with van der Waals surface area (Å²) in [5.41, 5.74) is 3.04. The molecule has 1 aromatic heterocycles. The first-order chi connectivity index (χ1) is 11.1. The molecule has 0 aliphatic carbocycles. The fourth-order valence-electron chi connectivity index (χ4n) is 2.74. The van der Waals surface area contributed by atoms with Crippen molar-refractivity contribution in [3.8, 4) is 22.7 Å². The minimum absolute atomic E-state index is 0.0872. The molecule has 0 amide bonds. The highest BCUT2D eigenvalue weighted by Crippen LogP contribution is 2.33. The van der Waals surface area contributed by atoms with E-state index in [1.807, 2.05) is 90.2 Å². The Morgan fingerprint density at radius 3 is 2.13 bits per heavy atom. The number of halogens is 1. The molecule has 0 aliphatic rings. The van der Waals surface area contributed by atoms with Crippen LogP contribution in [0.3, 0.4) is 0 Å². The Bertz CT molecular complexity index is 887. The molecule has 0 saturated heterocycles. The molecule has 0 aliphatic heterocycles. The lowest BCUT2D eigenvalue weighted by molar-refractivity contribution is 0.462. The van der Waals surface area contributed by atoms with Crippen molar-refractivity contribution < 1.29 is 5.11 Å². The van der Waals surface area contributed by atoms with Gasteiger partial charge >= 0.3 is 0 Å². The molecule has 0 spiro atoms. The van der Waals surface area contributed by atoms with Crippen LogP contribution in [0.1, 0.15) is 12.5 Å². The van der Waals surface area contributed by atoms with Gasteiger partial charge in [-0.3, -0.25) is 9.36 Å². The number of aromatic hydroxyl groups is 1. The largest absolute Gasteiger partial charge is 0.506 e. The average Bonchev–Trinajstić information content (AvgIpc) is 2.61. The summed E-state index contributed by atoms with van der Waals surface area (Å²) in [6.07, 6.45) is 0.638. The highest BCUT2D eigenvalue weighted by atomic mass is 127. The number of rotatable bonds is 3. The second-order valence-corrected chi connectivity index (χ2v) is 6.26. The van der Waals surface area contributed by atoms with Gasteiger partial charge in [0.1, 0.15) is 9.32 Å². The molecule has 4 heteroatoms. The molecule has 0 fully saturated rings. The van der Waals surface area contributed by atoms with E-state index >= 15 is 0 Å². The standard InChI is InChI=1S/C19H16INO2/c1-2-15-17(13-9-5-3-6-10-13)21(14-11-7-4-8-12-14)19(23)16(20)18(15)22/h3-12,22H,2H2,1H3. The molecule has 1 N–H and O–H groups in total. The first-order valence-corrected chi connectivity index (χ1v) is 8.50. The van der Waals surface area contributed by atoms with E-state index in [1.165, 1.54) is 0 Å². The third-order valence-electron chi connectivity index (χ3n) is 3.81. The molecule has 3 nitrogen and oxygen atoms in total. The predicted molar refractivity (Wildman–Crippen MR) is 101 cm³/mol. The van der Waals surface area contributed by atoms with Crippen molar-refractivity contribution in [2.45, 2.75) is 13.3 Å². The number of benzene rings is 2.